The van der Waals surface area contributed by atoms with Crippen molar-refractivity contribution in [3.8, 4) is 28.7 Å². The predicted molar refractivity (Wildman–Crippen MR) is 128 cm³/mol. The van der Waals surface area contributed by atoms with E-state index in [-0.39, 0.29) is 18.2 Å². The highest BCUT2D eigenvalue weighted by Gasteiger charge is 2.23. The molecule has 7 nitrogen and oxygen atoms in total. The maximum atomic E-state index is 13.4. The molecule has 2 aromatic carbocycles. The minimum atomic E-state index is -0.184. The van der Waals surface area contributed by atoms with Crippen LogP contribution in [0.15, 0.2) is 64.8 Å². The van der Waals surface area contributed by atoms with E-state index in [4.69, 9.17) is 14.5 Å². The minimum absolute atomic E-state index is 0.0502. The van der Waals surface area contributed by atoms with E-state index in [2.05, 4.69) is 6.07 Å². The average molecular weight is 459 g/mol. The van der Waals surface area contributed by atoms with Gasteiger partial charge in [0.25, 0.3) is 5.56 Å². The fourth-order valence-corrected chi connectivity index (χ4v) is 5.01. The number of hydrogen-bond acceptors (Lipinski definition) is 7. The molecule has 33 heavy (non-hydrogen) atoms. The summed E-state index contributed by atoms with van der Waals surface area (Å²) in [6, 6.07) is 19.5. The maximum absolute atomic E-state index is 13.4. The minimum Gasteiger partial charge on any atom is -0.486 e. The van der Waals surface area contributed by atoms with Gasteiger partial charge in [0.15, 0.2) is 11.5 Å². The third-order valence-corrected chi connectivity index (χ3v) is 6.45. The molecule has 0 saturated carbocycles. The van der Waals surface area contributed by atoms with Crippen molar-refractivity contribution in [2.45, 2.75) is 19.2 Å². The number of aromatic nitrogens is 2. The van der Waals surface area contributed by atoms with Crippen LogP contribution in [0.5, 0.6) is 11.5 Å². The van der Waals surface area contributed by atoms with Crippen LogP contribution in [0.3, 0.4) is 0 Å². The molecule has 1 aliphatic heterocycles. The van der Waals surface area contributed by atoms with Crippen molar-refractivity contribution in [1.29, 1.82) is 5.26 Å². The van der Waals surface area contributed by atoms with Gasteiger partial charge < -0.3 is 9.47 Å². The van der Waals surface area contributed by atoms with E-state index in [0.29, 0.717) is 35.7 Å². The Balaban J connectivity index is 1.41. The van der Waals surface area contributed by atoms with Crippen LogP contribution in [0.4, 0.5) is 0 Å². The van der Waals surface area contributed by atoms with Crippen molar-refractivity contribution in [2.75, 3.05) is 20.2 Å². The lowest BCUT2D eigenvalue weighted by Gasteiger charge is -2.29. The van der Waals surface area contributed by atoms with E-state index in [0.717, 1.165) is 22.6 Å². The number of nitriles is 1. The summed E-state index contributed by atoms with van der Waals surface area (Å²) >= 11 is 1.45. The summed E-state index contributed by atoms with van der Waals surface area (Å²) in [5.74, 6) is 2.04. The summed E-state index contributed by atoms with van der Waals surface area (Å²) in [5.41, 5.74) is 1.63. The van der Waals surface area contributed by atoms with Crippen LogP contribution in [-0.4, -0.2) is 40.8 Å². The Kier molecular flexibility index (Phi) is 5.82. The number of benzene rings is 2. The van der Waals surface area contributed by atoms with Crippen molar-refractivity contribution in [3.63, 3.8) is 0 Å². The normalized spacial score (nSPS) is 15.0. The Morgan fingerprint density at radius 3 is 2.73 bits per heavy atom. The summed E-state index contributed by atoms with van der Waals surface area (Å²) in [6.07, 6.45) is -0.142. The highest BCUT2D eigenvalue weighted by molar-refractivity contribution is 7.17. The van der Waals surface area contributed by atoms with E-state index in [1.165, 1.54) is 15.9 Å². The number of para-hydroxylation sites is 2. The van der Waals surface area contributed by atoms with Crippen LogP contribution in [0, 0.1) is 11.3 Å². The third-order valence-electron chi connectivity index (χ3n) is 5.58. The van der Waals surface area contributed by atoms with Crippen LogP contribution in [0.25, 0.3) is 21.3 Å². The lowest BCUT2D eigenvalue weighted by Crippen LogP contribution is -2.40. The summed E-state index contributed by atoms with van der Waals surface area (Å²) in [5, 5.41) is 11.9. The average Bonchev–Trinajstić information content (AvgIpc) is 3.26. The molecule has 2 aromatic heterocycles. The fourth-order valence-electron chi connectivity index (χ4n) is 4.06. The lowest BCUT2D eigenvalue weighted by atomic mass is 10.1. The Morgan fingerprint density at radius 1 is 1.18 bits per heavy atom. The van der Waals surface area contributed by atoms with Crippen molar-refractivity contribution in [3.05, 3.63) is 76.2 Å². The van der Waals surface area contributed by atoms with Crippen molar-refractivity contribution in [1.82, 2.24) is 14.5 Å². The molecule has 0 amide bonds. The summed E-state index contributed by atoms with van der Waals surface area (Å²) in [6.45, 7) is 1.40. The summed E-state index contributed by atoms with van der Waals surface area (Å²) in [7, 11) is 1.95. The Hall–Kier alpha value is -3.67. The maximum Gasteiger partial charge on any atom is 0.263 e. The number of likely N-dealkylation sites (N-methyl/N-ethyl adjacent to an activating group) is 1. The highest BCUT2D eigenvalue weighted by atomic mass is 32.1. The second-order valence-electron chi connectivity index (χ2n) is 7.97. The zero-order valence-corrected chi connectivity index (χ0v) is 18.9. The quantitative estimate of drug-likeness (QED) is 0.436. The van der Waals surface area contributed by atoms with E-state index in [1.807, 2.05) is 71.9 Å². The number of ether oxygens (including phenoxy) is 2. The first-order valence-corrected chi connectivity index (χ1v) is 11.5. The van der Waals surface area contributed by atoms with E-state index < -0.39 is 0 Å². The van der Waals surface area contributed by atoms with E-state index >= 15 is 0 Å². The first-order chi connectivity index (χ1) is 16.1. The number of nitrogens with zero attached hydrogens (tertiary/aromatic N) is 4. The van der Waals surface area contributed by atoms with Crippen LogP contribution in [0.1, 0.15) is 5.82 Å². The van der Waals surface area contributed by atoms with Crippen LogP contribution in [0.2, 0.25) is 0 Å². The summed E-state index contributed by atoms with van der Waals surface area (Å²) < 4.78 is 13.3. The lowest BCUT2D eigenvalue weighted by molar-refractivity contribution is 0.0629. The molecule has 1 atom stereocenters. The zero-order valence-electron chi connectivity index (χ0n) is 18.1. The van der Waals surface area contributed by atoms with Crippen molar-refractivity contribution in [2.24, 2.45) is 0 Å². The molecule has 0 spiro atoms. The Labute approximate surface area is 195 Å². The standard InChI is InChI=1S/C25H22N4O3S/c1-28(13-18-15-31-20-9-5-6-10-21(20)32-18)14-22-27-24-23(25(30)29(22)12-11-26)19(16-33-24)17-7-3-2-4-8-17/h2-10,16,18H,12-15H2,1H3/t18-/m0/s1. The van der Waals surface area contributed by atoms with Gasteiger partial charge in [0.05, 0.1) is 18.0 Å². The molecule has 1 aliphatic rings. The molecule has 5 rings (SSSR count). The molecule has 0 N–H and O–H groups in total. The van der Waals surface area contributed by atoms with Gasteiger partial charge in [-0.2, -0.15) is 5.26 Å². The largest absolute Gasteiger partial charge is 0.486 e. The molecule has 0 aliphatic carbocycles. The van der Waals surface area contributed by atoms with Gasteiger partial charge in [0.1, 0.15) is 29.9 Å². The number of fused-ring (bicyclic) bond motifs is 2. The second kappa shape index (κ2) is 9.06. The van der Waals surface area contributed by atoms with E-state index in [9.17, 15) is 10.1 Å². The fraction of sp³-hybridized carbons (Fsp3) is 0.240. The van der Waals surface area contributed by atoms with E-state index in [1.54, 1.807) is 0 Å². The smallest absolute Gasteiger partial charge is 0.263 e. The molecule has 0 unspecified atom stereocenters. The van der Waals surface area contributed by atoms with Gasteiger partial charge in [-0.3, -0.25) is 14.3 Å². The molecular formula is C25H22N4O3S. The molecular weight excluding hydrogens is 436 g/mol. The zero-order chi connectivity index (χ0) is 22.8. The first-order valence-electron chi connectivity index (χ1n) is 10.6. The molecule has 3 heterocycles. The summed E-state index contributed by atoms with van der Waals surface area (Å²) in [4.78, 5) is 20.9. The topological polar surface area (TPSA) is 80.4 Å². The van der Waals surface area contributed by atoms with Crippen molar-refractivity contribution < 1.29 is 9.47 Å². The number of hydrogen-bond donors (Lipinski definition) is 0. The SMILES string of the molecule is CN(Cc1nc2scc(-c3ccccc3)c2c(=O)n1CC#N)C[C@H]1COc2ccccc2O1. The Morgan fingerprint density at radius 2 is 1.94 bits per heavy atom. The Bertz CT molecular complexity index is 1390. The highest BCUT2D eigenvalue weighted by Crippen LogP contribution is 2.32. The molecule has 0 saturated heterocycles. The first kappa shape index (κ1) is 21.2. The van der Waals surface area contributed by atoms with Crippen molar-refractivity contribution >= 4 is 21.6 Å². The van der Waals surface area contributed by atoms with Gasteiger partial charge in [-0.05, 0) is 24.7 Å². The van der Waals surface area contributed by atoms with Gasteiger partial charge in [-0.1, -0.05) is 42.5 Å². The molecule has 8 heteroatoms. The van der Waals surface area contributed by atoms with Gasteiger partial charge in [-0.15, -0.1) is 11.3 Å². The van der Waals surface area contributed by atoms with Gasteiger partial charge >= 0.3 is 0 Å². The molecule has 4 aromatic rings. The third kappa shape index (κ3) is 4.21. The van der Waals surface area contributed by atoms with Gasteiger partial charge in [-0.25, -0.2) is 4.98 Å². The number of thiophene rings is 1. The van der Waals surface area contributed by atoms with Gasteiger partial charge in [0.2, 0.25) is 0 Å². The van der Waals surface area contributed by atoms with Gasteiger partial charge in [0, 0.05) is 17.5 Å². The predicted octanol–water partition coefficient (Wildman–Crippen LogP) is 3.92. The molecule has 0 fully saturated rings. The van der Waals surface area contributed by atoms with Crippen LogP contribution < -0.4 is 15.0 Å². The molecule has 0 radical (unpaired) electrons. The molecule has 166 valence electrons. The van der Waals surface area contributed by atoms with Crippen LogP contribution >= 0.6 is 11.3 Å². The van der Waals surface area contributed by atoms with Crippen LogP contribution in [-0.2, 0) is 13.1 Å². The monoisotopic (exact) mass is 458 g/mol. The number of rotatable bonds is 6. The second-order valence-corrected chi connectivity index (χ2v) is 8.83. The molecule has 0 bridgehead atoms.